The molecule has 57 heavy (non-hydrogen) atoms. The molecule has 6 nitrogen and oxygen atoms in total. The molecule has 0 spiro atoms. The second-order valence-corrected chi connectivity index (χ2v) is 14.4. The summed E-state index contributed by atoms with van der Waals surface area (Å²) in [5.41, 5.74) is 11.2. The number of hydrogen-bond acceptors (Lipinski definition) is 4. The maximum atomic E-state index is 6.70. The molecule has 0 aliphatic carbocycles. The van der Waals surface area contributed by atoms with E-state index < -0.39 is 0 Å². The lowest BCUT2D eigenvalue weighted by molar-refractivity contribution is 0.671. The Hall–Kier alpha value is -7.83. The molecule has 4 aromatic heterocycles. The van der Waals surface area contributed by atoms with E-state index in [-0.39, 0.29) is 0 Å². The summed E-state index contributed by atoms with van der Waals surface area (Å²) in [4.78, 5) is 14.8. The lowest BCUT2D eigenvalue weighted by atomic mass is 10.0. The highest BCUT2D eigenvalue weighted by atomic mass is 16.3. The van der Waals surface area contributed by atoms with Gasteiger partial charge in [0.05, 0.1) is 22.1 Å². The van der Waals surface area contributed by atoms with Crippen LogP contribution in [0.25, 0.3) is 111 Å². The first-order valence-electron chi connectivity index (χ1n) is 19.1. The Labute approximate surface area is 326 Å². The predicted molar refractivity (Wildman–Crippen MR) is 232 cm³/mol. The third-order valence-electron chi connectivity index (χ3n) is 11.2. The van der Waals surface area contributed by atoms with Gasteiger partial charge in [0.15, 0.2) is 23.1 Å². The molecule has 266 valence electrons. The van der Waals surface area contributed by atoms with Crippen molar-refractivity contribution < 1.29 is 4.42 Å². The molecule has 8 aromatic carbocycles. The molecule has 0 saturated heterocycles. The average Bonchev–Trinajstić information content (AvgIpc) is 3.95. The summed E-state index contributed by atoms with van der Waals surface area (Å²) in [6, 6.07) is 65.4. The molecule has 0 bridgehead atoms. The molecule has 0 unspecified atom stereocenters. The minimum atomic E-state index is 0.629. The zero-order valence-electron chi connectivity index (χ0n) is 30.5. The highest BCUT2D eigenvalue weighted by Gasteiger charge is 2.24. The number of para-hydroxylation sites is 3. The van der Waals surface area contributed by atoms with Crippen LogP contribution < -0.4 is 0 Å². The summed E-state index contributed by atoms with van der Waals surface area (Å²) in [7, 11) is 0. The van der Waals surface area contributed by atoms with Gasteiger partial charge in [-0.1, -0.05) is 121 Å². The third kappa shape index (κ3) is 4.81. The maximum absolute atomic E-state index is 6.70. The zero-order chi connectivity index (χ0) is 37.5. The summed E-state index contributed by atoms with van der Waals surface area (Å²) < 4.78 is 11.4. The Morgan fingerprint density at radius 3 is 1.49 bits per heavy atom. The number of aromatic nitrogens is 5. The number of rotatable bonds is 5. The lowest BCUT2D eigenvalue weighted by Crippen LogP contribution is -2.00. The van der Waals surface area contributed by atoms with E-state index in [2.05, 4.69) is 130 Å². The summed E-state index contributed by atoms with van der Waals surface area (Å²) in [5.74, 6) is 1.91. The van der Waals surface area contributed by atoms with Gasteiger partial charge in [0.1, 0.15) is 5.58 Å². The standard InChI is InChI=1S/C51H31N5O/c1-4-14-32(15-5-1)49-52-50(33-16-6-2-7-17-33)54-51(53-49)34-24-26-36(27-25-34)55-41-22-12-10-21-39(41)45-42(55)30-31-43-46(45)40-29-28-38-37-20-11-13-23-44(37)57-48(38)47(40)56(43)35-18-8-3-9-19-35/h1-31H. The van der Waals surface area contributed by atoms with Gasteiger partial charge in [-0.25, -0.2) is 15.0 Å². The van der Waals surface area contributed by atoms with Crippen LogP contribution in [0.3, 0.4) is 0 Å². The summed E-state index contributed by atoms with van der Waals surface area (Å²) in [6.45, 7) is 0. The van der Waals surface area contributed by atoms with Crippen molar-refractivity contribution in [2.75, 3.05) is 0 Å². The van der Waals surface area contributed by atoms with Crippen LogP contribution in [0.2, 0.25) is 0 Å². The van der Waals surface area contributed by atoms with E-state index in [0.717, 1.165) is 77.5 Å². The Morgan fingerprint density at radius 1 is 0.333 bits per heavy atom. The van der Waals surface area contributed by atoms with Crippen molar-refractivity contribution in [2.24, 2.45) is 0 Å². The van der Waals surface area contributed by atoms with Crippen molar-refractivity contribution in [1.82, 2.24) is 24.1 Å². The fraction of sp³-hybridized carbons (Fsp3) is 0. The van der Waals surface area contributed by atoms with Gasteiger partial charge in [-0.15, -0.1) is 0 Å². The van der Waals surface area contributed by atoms with Gasteiger partial charge in [0, 0.05) is 60.4 Å². The first-order valence-corrected chi connectivity index (χ1v) is 19.1. The Bertz CT molecular complexity index is 3430. The van der Waals surface area contributed by atoms with Crippen LogP contribution in [0.1, 0.15) is 0 Å². The zero-order valence-corrected chi connectivity index (χ0v) is 30.5. The van der Waals surface area contributed by atoms with Gasteiger partial charge in [0.2, 0.25) is 0 Å². The Morgan fingerprint density at radius 2 is 0.825 bits per heavy atom. The Balaban J connectivity index is 1.08. The van der Waals surface area contributed by atoms with Gasteiger partial charge in [0.25, 0.3) is 0 Å². The molecular formula is C51H31N5O. The normalized spacial score (nSPS) is 11.9. The van der Waals surface area contributed by atoms with Crippen molar-refractivity contribution >= 4 is 65.6 Å². The van der Waals surface area contributed by atoms with Crippen molar-refractivity contribution in [3.8, 4) is 45.5 Å². The van der Waals surface area contributed by atoms with E-state index in [1.165, 1.54) is 16.2 Å². The highest BCUT2D eigenvalue weighted by molar-refractivity contribution is 6.32. The molecular weight excluding hydrogens is 699 g/mol. The third-order valence-corrected chi connectivity index (χ3v) is 11.2. The Kier molecular flexibility index (Phi) is 6.83. The van der Waals surface area contributed by atoms with E-state index in [1.807, 2.05) is 66.7 Å². The van der Waals surface area contributed by atoms with Crippen molar-refractivity contribution in [3.63, 3.8) is 0 Å². The minimum absolute atomic E-state index is 0.629. The second kappa shape index (κ2) is 12.3. The molecule has 0 aliphatic heterocycles. The monoisotopic (exact) mass is 729 g/mol. The van der Waals surface area contributed by atoms with E-state index in [0.29, 0.717) is 17.5 Å². The molecule has 0 N–H and O–H groups in total. The smallest absolute Gasteiger partial charge is 0.164 e. The molecule has 0 atom stereocenters. The molecule has 4 heterocycles. The molecule has 0 aliphatic rings. The van der Waals surface area contributed by atoms with E-state index in [9.17, 15) is 0 Å². The summed E-state index contributed by atoms with van der Waals surface area (Å²) in [5, 5.41) is 6.99. The van der Waals surface area contributed by atoms with E-state index >= 15 is 0 Å². The van der Waals surface area contributed by atoms with Crippen LogP contribution in [0, 0.1) is 0 Å². The quantitative estimate of drug-likeness (QED) is 0.177. The highest BCUT2D eigenvalue weighted by Crippen LogP contribution is 2.45. The van der Waals surface area contributed by atoms with E-state index in [4.69, 9.17) is 19.4 Å². The van der Waals surface area contributed by atoms with Gasteiger partial charge in [-0.3, -0.25) is 0 Å². The fourth-order valence-electron chi connectivity index (χ4n) is 8.65. The van der Waals surface area contributed by atoms with Gasteiger partial charge in [-0.2, -0.15) is 0 Å². The maximum Gasteiger partial charge on any atom is 0.164 e. The largest absolute Gasteiger partial charge is 0.454 e. The van der Waals surface area contributed by atoms with Crippen LogP contribution in [-0.2, 0) is 0 Å². The molecule has 0 saturated carbocycles. The number of benzene rings is 8. The van der Waals surface area contributed by atoms with Crippen LogP contribution in [0.15, 0.2) is 192 Å². The molecule has 6 heteroatoms. The number of hydrogen-bond donors (Lipinski definition) is 0. The van der Waals surface area contributed by atoms with Crippen LogP contribution in [0.5, 0.6) is 0 Å². The second-order valence-electron chi connectivity index (χ2n) is 14.4. The predicted octanol–water partition coefficient (Wildman–Crippen LogP) is 13.0. The van der Waals surface area contributed by atoms with Crippen LogP contribution >= 0.6 is 0 Å². The van der Waals surface area contributed by atoms with Gasteiger partial charge < -0.3 is 13.6 Å². The summed E-state index contributed by atoms with van der Waals surface area (Å²) in [6.07, 6.45) is 0. The van der Waals surface area contributed by atoms with Crippen LogP contribution in [0.4, 0.5) is 0 Å². The molecule has 0 radical (unpaired) electrons. The minimum Gasteiger partial charge on any atom is -0.454 e. The first-order chi connectivity index (χ1) is 28.3. The topological polar surface area (TPSA) is 61.7 Å². The molecule has 0 amide bonds. The number of fused-ring (bicyclic) bond motifs is 11. The number of furan rings is 1. The summed E-state index contributed by atoms with van der Waals surface area (Å²) >= 11 is 0. The van der Waals surface area contributed by atoms with Crippen molar-refractivity contribution in [1.29, 1.82) is 0 Å². The lowest BCUT2D eigenvalue weighted by Gasteiger charge is -2.11. The fourth-order valence-corrected chi connectivity index (χ4v) is 8.65. The van der Waals surface area contributed by atoms with Gasteiger partial charge in [-0.05, 0) is 66.7 Å². The average molecular weight is 730 g/mol. The van der Waals surface area contributed by atoms with Crippen molar-refractivity contribution in [2.45, 2.75) is 0 Å². The SMILES string of the molecule is c1ccc(-c2nc(-c3ccccc3)nc(-c3ccc(-n4c5ccccc5c5c6c7ccc8c9ccccc9oc8c7n(-c7ccccc7)c6ccc54)cc3)n2)cc1. The number of nitrogens with zero attached hydrogens (tertiary/aromatic N) is 5. The molecule has 0 fully saturated rings. The van der Waals surface area contributed by atoms with Crippen molar-refractivity contribution in [3.05, 3.63) is 188 Å². The van der Waals surface area contributed by atoms with E-state index in [1.54, 1.807) is 0 Å². The van der Waals surface area contributed by atoms with Crippen LogP contribution in [-0.4, -0.2) is 24.1 Å². The first kappa shape index (κ1) is 31.5. The molecule has 12 aromatic rings. The molecule has 12 rings (SSSR count). The van der Waals surface area contributed by atoms with Gasteiger partial charge >= 0.3 is 0 Å².